The second kappa shape index (κ2) is 8.23. The van der Waals surface area contributed by atoms with E-state index in [1.54, 1.807) is 0 Å². The van der Waals surface area contributed by atoms with E-state index >= 15 is 0 Å². The number of hydrogen-bond acceptors (Lipinski definition) is 2. The highest BCUT2D eigenvalue weighted by atomic mass is 127. The van der Waals surface area contributed by atoms with Crippen LogP contribution in [0.4, 0.5) is 0 Å². The fourth-order valence-electron chi connectivity index (χ4n) is 3.88. The summed E-state index contributed by atoms with van der Waals surface area (Å²) in [4.78, 5) is 4.72. The predicted octanol–water partition coefficient (Wildman–Crippen LogP) is 3.83. The molecule has 1 aliphatic carbocycles. The van der Waals surface area contributed by atoms with Crippen LogP contribution in [0.3, 0.4) is 0 Å². The number of nitrogens with zero attached hydrogens (tertiary/aromatic N) is 1. The summed E-state index contributed by atoms with van der Waals surface area (Å²) in [5.74, 6) is 1.45. The smallest absolute Gasteiger partial charge is 0.191 e. The molecule has 0 radical (unpaired) electrons. The Morgan fingerprint density at radius 3 is 2.83 bits per heavy atom. The van der Waals surface area contributed by atoms with Gasteiger partial charge in [-0.15, -0.1) is 24.0 Å². The Morgan fingerprint density at radius 2 is 2.12 bits per heavy atom. The first-order valence-electron chi connectivity index (χ1n) is 8.44. The summed E-state index contributed by atoms with van der Waals surface area (Å²) in [6.07, 6.45) is 1.52. The molecule has 4 nitrogen and oxygen atoms in total. The van der Waals surface area contributed by atoms with Crippen LogP contribution in [0.2, 0.25) is 5.02 Å². The minimum absolute atomic E-state index is 0. The van der Waals surface area contributed by atoms with Gasteiger partial charge in [-0.3, -0.25) is 0 Å². The Balaban J connectivity index is 0.00000208. The van der Waals surface area contributed by atoms with Gasteiger partial charge in [0.15, 0.2) is 5.96 Å². The topological polar surface area (TPSA) is 45.7 Å². The quantitative estimate of drug-likeness (QED) is 0.405. The number of ether oxygens (including phenoxy) is 1. The molecule has 3 unspecified atom stereocenters. The third-order valence-corrected chi connectivity index (χ3v) is 5.47. The SMILES string of the molecule is CCNC(=NCc1ccccc1Cl)NC1C2CCOC2C1(C)C.I. The Morgan fingerprint density at radius 1 is 1.38 bits per heavy atom. The van der Waals surface area contributed by atoms with Gasteiger partial charge in [0.2, 0.25) is 0 Å². The molecule has 1 saturated heterocycles. The van der Waals surface area contributed by atoms with Crippen LogP contribution in [0.5, 0.6) is 0 Å². The van der Waals surface area contributed by atoms with E-state index in [9.17, 15) is 0 Å². The summed E-state index contributed by atoms with van der Waals surface area (Å²) in [7, 11) is 0. The third-order valence-electron chi connectivity index (χ3n) is 5.10. The summed E-state index contributed by atoms with van der Waals surface area (Å²) in [6.45, 7) is 8.92. The Labute approximate surface area is 166 Å². The number of benzene rings is 1. The molecule has 0 spiro atoms. The minimum Gasteiger partial charge on any atom is -0.377 e. The number of guanidine groups is 1. The van der Waals surface area contributed by atoms with E-state index < -0.39 is 0 Å². The van der Waals surface area contributed by atoms with Gasteiger partial charge in [-0.1, -0.05) is 43.6 Å². The first-order valence-corrected chi connectivity index (χ1v) is 8.81. The number of aliphatic imine (C=N–C) groups is 1. The summed E-state index contributed by atoms with van der Waals surface area (Å²) in [5, 5.41) is 7.73. The highest BCUT2D eigenvalue weighted by Crippen LogP contribution is 2.52. The molecule has 1 aliphatic heterocycles. The first kappa shape index (κ1) is 19.8. The molecule has 0 aromatic heterocycles. The number of rotatable bonds is 4. The van der Waals surface area contributed by atoms with Gasteiger partial charge in [0, 0.05) is 35.5 Å². The molecule has 1 saturated carbocycles. The lowest BCUT2D eigenvalue weighted by molar-refractivity contribution is -0.106. The van der Waals surface area contributed by atoms with Gasteiger partial charge in [-0.05, 0) is 25.0 Å². The predicted molar refractivity (Wildman–Crippen MR) is 110 cm³/mol. The number of hydrogen-bond donors (Lipinski definition) is 2. The molecule has 24 heavy (non-hydrogen) atoms. The van der Waals surface area contributed by atoms with E-state index in [2.05, 4.69) is 31.4 Å². The number of halogens is 2. The normalized spacial score (nSPS) is 27.7. The maximum absolute atomic E-state index is 6.22. The zero-order valence-electron chi connectivity index (χ0n) is 14.5. The molecule has 2 N–H and O–H groups in total. The summed E-state index contributed by atoms with van der Waals surface area (Å²) in [5.41, 5.74) is 1.18. The van der Waals surface area contributed by atoms with Crippen LogP contribution in [-0.2, 0) is 11.3 Å². The Kier molecular flexibility index (Phi) is 6.79. The fourth-order valence-corrected chi connectivity index (χ4v) is 4.07. The lowest BCUT2D eigenvalue weighted by Crippen LogP contribution is -2.67. The summed E-state index contributed by atoms with van der Waals surface area (Å²) >= 11 is 6.22. The molecule has 2 fully saturated rings. The van der Waals surface area contributed by atoms with E-state index in [1.807, 2.05) is 24.3 Å². The molecule has 0 amide bonds. The van der Waals surface area contributed by atoms with Crippen LogP contribution < -0.4 is 10.6 Å². The lowest BCUT2D eigenvalue weighted by atomic mass is 9.57. The van der Waals surface area contributed by atoms with Gasteiger partial charge >= 0.3 is 0 Å². The molecule has 3 atom stereocenters. The van der Waals surface area contributed by atoms with Crippen molar-refractivity contribution >= 4 is 41.5 Å². The zero-order valence-corrected chi connectivity index (χ0v) is 17.6. The van der Waals surface area contributed by atoms with E-state index in [1.165, 1.54) is 0 Å². The van der Waals surface area contributed by atoms with Gasteiger partial charge in [-0.25, -0.2) is 4.99 Å². The van der Waals surface area contributed by atoms with E-state index in [-0.39, 0.29) is 29.4 Å². The molecule has 134 valence electrons. The molecule has 3 rings (SSSR count). The van der Waals surface area contributed by atoms with Crippen LogP contribution in [0, 0.1) is 11.3 Å². The van der Waals surface area contributed by atoms with Crippen molar-refractivity contribution in [1.82, 2.24) is 10.6 Å². The van der Waals surface area contributed by atoms with Crippen LogP contribution in [0.1, 0.15) is 32.8 Å². The largest absolute Gasteiger partial charge is 0.377 e. The van der Waals surface area contributed by atoms with Crippen molar-refractivity contribution in [1.29, 1.82) is 0 Å². The van der Waals surface area contributed by atoms with Crippen LogP contribution >= 0.6 is 35.6 Å². The highest BCUT2D eigenvalue weighted by Gasteiger charge is 2.59. The lowest BCUT2D eigenvalue weighted by Gasteiger charge is -2.54. The van der Waals surface area contributed by atoms with Crippen molar-refractivity contribution in [2.24, 2.45) is 16.3 Å². The third kappa shape index (κ3) is 3.83. The van der Waals surface area contributed by atoms with E-state index in [0.717, 1.165) is 36.1 Å². The van der Waals surface area contributed by atoms with Crippen molar-refractivity contribution in [3.05, 3.63) is 34.9 Å². The zero-order chi connectivity index (χ0) is 16.4. The van der Waals surface area contributed by atoms with Gasteiger partial charge in [0.05, 0.1) is 12.6 Å². The van der Waals surface area contributed by atoms with E-state index in [0.29, 0.717) is 24.6 Å². The number of fused-ring (bicyclic) bond motifs is 1. The van der Waals surface area contributed by atoms with Crippen molar-refractivity contribution in [2.75, 3.05) is 13.2 Å². The average molecular weight is 464 g/mol. The average Bonchev–Trinajstić information content (AvgIpc) is 2.98. The molecule has 1 heterocycles. The molecule has 2 aliphatic rings. The fraction of sp³-hybridized carbons (Fsp3) is 0.611. The van der Waals surface area contributed by atoms with Crippen molar-refractivity contribution in [2.45, 2.75) is 45.9 Å². The Bertz CT molecular complexity index is 593. The van der Waals surface area contributed by atoms with Crippen molar-refractivity contribution in [3.8, 4) is 0 Å². The van der Waals surface area contributed by atoms with Crippen LogP contribution in [-0.4, -0.2) is 31.3 Å². The van der Waals surface area contributed by atoms with Gasteiger partial charge in [-0.2, -0.15) is 0 Å². The van der Waals surface area contributed by atoms with Gasteiger partial charge in [0.1, 0.15) is 0 Å². The van der Waals surface area contributed by atoms with Crippen LogP contribution in [0.15, 0.2) is 29.3 Å². The standard InChI is InChI=1S/C18H26ClN3O.HI/c1-4-20-17(21-11-12-7-5-6-8-14(12)19)22-15-13-9-10-23-16(13)18(15,2)3;/h5-8,13,15-16H,4,9-11H2,1-3H3,(H2,20,21,22);1H. The van der Waals surface area contributed by atoms with Crippen molar-refractivity contribution in [3.63, 3.8) is 0 Å². The second-order valence-electron chi connectivity index (χ2n) is 6.97. The molecular weight excluding hydrogens is 437 g/mol. The van der Waals surface area contributed by atoms with Gasteiger partial charge < -0.3 is 15.4 Å². The molecule has 0 bridgehead atoms. The second-order valence-corrected chi connectivity index (χ2v) is 7.38. The van der Waals surface area contributed by atoms with Crippen molar-refractivity contribution < 1.29 is 4.74 Å². The molecular formula is C18H27ClIN3O. The highest BCUT2D eigenvalue weighted by molar-refractivity contribution is 14.0. The monoisotopic (exact) mass is 463 g/mol. The molecule has 1 aromatic carbocycles. The van der Waals surface area contributed by atoms with Crippen LogP contribution in [0.25, 0.3) is 0 Å². The summed E-state index contributed by atoms with van der Waals surface area (Å²) in [6, 6.07) is 8.26. The summed E-state index contributed by atoms with van der Waals surface area (Å²) < 4.78 is 5.87. The maximum atomic E-state index is 6.22. The maximum Gasteiger partial charge on any atom is 0.191 e. The number of nitrogens with one attached hydrogen (secondary N) is 2. The van der Waals surface area contributed by atoms with E-state index in [4.69, 9.17) is 21.3 Å². The molecule has 1 aromatic rings. The first-order chi connectivity index (χ1) is 11.0. The Hall–Kier alpha value is -0.530. The minimum atomic E-state index is 0. The molecule has 6 heteroatoms. The van der Waals surface area contributed by atoms with Gasteiger partial charge in [0.25, 0.3) is 0 Å².